The van der Waals surface area contributed by atoms with E-state index in [9.17, 15) is 10.1 Å². The minimum Gasteiger partial charge on any atom is -0.495 e. The fraction of sp³-hybridized carbons (Fsp3) is 0.479. The van der Waals surface area contributed by atoms with Crippen molar-refractivity contribution in [1.29, 1.82) is 5.26 Å². The molecule has 1 aliphatic carbocycles. The molecule has 0 radical (unpaired) electrons. The highest BCUT2D eigenvalue weighted by Gasteiger charge is 2.42. The number of carbonyl (C=O) groups is 1. The Morgan fingerprint density at radius 3 is 2.39 bits per heavy atom. The molecule has 1 N–H and O–H groups in total. The minimum atomic E-state index is -0.192. The van der Waals surface area contributed by atoms with Gasteiger partial charge in [-0.05, 0) is 131 Å². The number of methoxy groups -OCH3 is 1. The number of hydrogen-bond acceptors (Lipinski definition) is 12. The summed E-state index contributed by atoms with van der Waals surface area (Å²) in [5.74, 6) is 3.96. The van der Waals surface area contributed by atoms with Gasteiger partial charge in [-0.3, -0.25) is 14.4 Å². The standard InChI is InChI=1S/C48H56N10O3S/c1-28(2)38-24-33(44-43-29(3)31(5)62-47(43)58-32(6)52-55-45(58)30(4)50-44)9-16-40(38)56-21-18-48(19-22-56)20-23-57(27-48)42-17-15-39(53-54-42)46(59)51-35-10-13-36(14-11-35)61-37-12-8-34(26-49)41(25-37)60-7/h8-9,12,15-17,24-25,28,30,35-36H,10-11,13-14,18-23,27H2,1-7H3,(H,51,59)/t30-,35?,36?/m0/s1. The summed E-state index contributed by atoms with van der Waals surface area (Å²) in [6, 6.07) is 18.1. The molecule has 3 aromatic heterocycles. The summed E-state index contributed by atoms with van der Waals surface area (Å²) in [7, 11) is 1.55. The molecule has 1 amide bonds. The maximum Gasteiger partial charge on any atom is 0.272 e. The van der Waals surface area contributed by atoms with E-state index >= 15 is 0 Å². The third-order valence-electron chi connectivity index (χ3n) is 13.7. The molecule has 9 rings (SSSR count). The number of fused-ring (bicyclic) bond motifs is 3. The number of nitrogens with one attached hydrogen (secondary N) is 1. The molecule has 1 saturated carbocycles. The van der Waals surface area contributed by atoms with E-state index in [1.165, 1.54) is 27.3 Å². The Morgan fingerprint density at radius 1 is 0.935 bits per heavy atom. The van der Waals surface area contributed by atoms with Crippen molar-refractivity contribution in [2.24, 2.45) is 10.4 Å². The van der Waals surface area contributed by atoms with Crippen LogP contribution in [0, 0.1) is 37.5 Å². The molecule has 62 heavy (non-hydrogen) atoms. The van der Waals surface area contributed by atoms with E-state index in [0.29, 0.717) is 28.7 Å². The molecule has 0 bridgehead atoms. The number of anilines is 2. The van der Waals surface area contributed by atoms with Crippen molar-refractivity contribution in [3.05, 3.63) is 98.6 Å². The minimum absolute atomic E-state index is 0.0386. The molecule has 0 unspecified atom stereocenters. The highest BCUT2D eigenvalue weighted by atomic mass is 32.1. The summed E-state index contributed by atoms with van der Waals surface area (Å²) in [6.45, 7) is 17.1. The number of amides is 1. The van der Waals surface area contributed by atoms with Crippen molar-refractivity contribution in [3.8, 4) is 22.6 Å². The summed E-state index contributed by atoms with van der Waals surface area (Å²) in [6.07, 6.45) is 6.64. The number of ether oxygens (including phenoxy) is 2. The molecular formula is C48H56N10O3S. The molecular weight excluding hydrogens is 797 g/mol. The first-order valence-corrected chi connectivity index (χ1v) is 22.9. The van der Waals surface area contributed by atoms with Gasteiger partial charge in [0.25, 0.3) is 5.91 Å². The molecule has 322 valence electrons. The predicted octanol–water partition coefficient (Wildman–Crippen LogP) is 8.58. The molecule has 2 aromatic carbocycles. The molecule has 1 spiro atoms. The van der Waals surface area contributed by atoms with Crippen molar-refractivity contribution in [1.82, 2.24) is 30.3 Å². The molecule has 3 fully saturated rings. The second kappa shape index (κ2) is 16.8. The van der Waals surface area contributed by atoms with Crippen LogP contribution >= 0.6 is 11.3 Å². The monoisotopic (exact) mass is 852 g/mol. The summed E-state index contributed by atoms with van der Waals surface area (Å²) >= 11 is 1.80. The van der Waals surface area contributed by atoms with Gasteiger partial charge in [0.2, 0.25) is 0 Å². The van der Waals surface area contributed by atoms with Crippen molar-refractivity contribution >= 4 is 34.5 Å². The Kier molecular flexibility index (Phi) is 11.3. The van der Waals surface area contributed by atoms with Crippen molar-refractivity contribution < 1.29 is 14.3 Å². The number of benzene rings is 2. The zero-order valence-corrected chi connectivity index (χ0v) is 37.7. The first kappa shape index (κ1) is 41.5. The lowest BCUT2D eigenvalue weighted by Gasteiger charge is -2.41. The lowest BCUT2D eigenvalue weighted by molar-refractivity contribution is 0.0888. The van der Waals surface area contributed by atoms with Crippen molar-refractivity contribution in [2.45, 2.75) is 111 Å². The molecule has 14 heteroatoms. The quantitative estimate of drug-likeness (QED) is 0.153. The zero-order chi connectivity index (χ0) is 43.3. The normalized spacial score (nSPS) is 20.6. The second-order valence-electron chi connectivity index (χ2n) is 18.0. The summed E-state index contributed by atoms with van der Waals surface area (Å²) in [5.41, 5.74) is 8.40. The molecule has 6 heterocycles. The van der Waals surface area contributed by atoms with Gasteiger partial charge in [-0.15, -0.1) is 31.7 Å². The number of nitrogens with zero attached hydrogens (tertiary/aromatic N) is 9. The summed E-state index contributed by atoms with van der Waals surface area (Å²) < 4.78 is 13.7. The zero-order valence-electron chi connectivity index (χ0n) is 36.9. The Balaban J connectivity index is 0.805. The molecule has 4 aliphatic rings. The van der Waals surface area contributed by atoms with Gasteiger partial charge in [0, 0.05) is 60.0 Å². The Morgan fingerprint density at radius 2 is 1.69 bits per heavy atom. The average molecular weight is 853 g/mol. The van der Waals surface area contributed by atoms with E-state index in [4.69, 9.17) is 14.5 Å². The first-order valence-electron chi connectivity index (χ1n) is 22.1. The van der Waals surface area contributed by atoms with Crippen LogP contribution in [0.25, 0.3) is 5.00 Å². The van der Waals surface area contributed by atoms with Gasteiger partial charge in [-0.25, -0.2) is 0 Å². The third-order valence-corrected chi connectivity index (χ3v) is 14.9. The van der Waals surface area contributed by atoms with E-state index in [1.54, 1.807) is 36.6 Å². The number of thiophene rings is 1. The number of aliphatic imine (C=N–C) groups is 1. The number of nitriles is 1. The Labute approximate surface area is 368 Å². The molecule has 2 saturated heterocycles. The van der Waals surface area contributed by atoms with Crippen LogP contribution in [-0.2, 0) is 0 Å². The van der Waals surface area contributed by atoms with Crippen LogP contribution in [0.1, 0.15) is 133 Å². The van der Waals surface area contributed by atoms with Gasteiger partial charge in [0.05, 0.1) is 24.5 Å². The van der Waals surface area contributed by atoms with Crippen LogP contribution in [0.2, 0.25) is 0 Å². The fourth-order valence-electron chi connectivity index (χ4n) is 9.92. The third kappa shape index (κ3) is 7.80. The Bertz CT molecular complexity index is 2560. The number of rotatable bonds is 9. The smallest absolute Gasteiger partial charge is 0.272 e. The largest absolute Gasteiger partial charge is 0.495 e. The van der Waals surface area contributed by atoms with Crippen LogP contribution in [-0.4, -0.2) is 82.0 Å². The number of hydrogen-bond donors (Lipinski definition) is 1. The molecule has 3 aliphatic heterocycles. The number of aromatic nitrogens is 5. The van der Waals surface area contributed by atoms with Gasteiger partial charge < -0.3 is 24.6 Å². The van der Waals surface area contributed by atoms with E-state index in [0.717, 1.165) is 105 Å². The van der Waals surface area contributed by atoms with E-state index < -0.39 is 0 Å². The first-order chi connectivity index (χ1) is 29.9. The van der Waals surface area contributed by atoms with E-state index in [2.05, 4.69) is 99.0 Å². The Hall–Kier alpha value is -5.81. The molecule has 1 atom stereocenters. The lowest BCUT2D eigenvalue weighted by atomic mass is 9.77. The molecule has 5 aromatic rings. The number of carbonyl (C=O) groups excluding carboxylic acids is 1. The highest BCUT2D eigenvalue weighted by Crippen LogP contribution is 2.44. The summed E-state index contributed by atoms with van der Waals surface area (Å²) in [4.78, 5) is 24.8. The van der Waals surface area contributed by atoms with Crippen LogP contribution in [0.3, 0.4) is 0 Å². The van der Waals surface area contributed by atoms with Crippen molar-refractivity contribution in [3.63, 3.8) is 0 Å². The van der Waals surface area contributed by atoms with Gasteiger partial charge >= 0.3 is 0 Å². The average Bonchev–Trinajstić information content (AvgIpc) is 3.95. The van der Waals surface area contributed by atoms with Gasteiger partial charge in [0.15, 0.2) is 17.3 Å². The van der Waals surface area contributed by atoms with Crippen LogP contribution in [0.5, 0.6) is 11.5 Å². The van der Waals surface area contributed by atoms with Gasteiger partial charge in [-0.2, -0.15) is 5.26 Å². The topological polar surface area (TPSA) is 147 Å². The number of aryl methyl sites for hydroxylation is 2. The fourth-order valence-corrected chi connectivity index (χ4v) is 11.1. The van der Waals surface area contributed by atoms with Crippen molar-refractivity contribution in [2.75, 3.05) is 43.1 Å². The van der Waals surface area contributed by atoms with Gasteiger partial charge in [-0.1, -0.05) is 19.9 Å². The van der Waals surface area contributed by atoms with Gasteiger partial charge in [0.1, 0.15) is 34.4 Å². The lowest BCUT2D eigenvalue weighted by Crippen LogP contribution is -2.42. The van der Waals surface area contributed by atoms with E-state index in [-0.39, 0.29) is 29.5 Å². The van der Waals surface area contributed by atoms with E-state index in [1.807, 2.05) is 19.1 Å². The van der Waals surface area contributed by atoms with Crippen LogP contribution in [0.15, 0.2) is 53.5 Å². The number of piperidine rings is 1. The van der Waals surface area contributed by atoms with Crippen LogP contribution in [0.4, 0.5) is 11.5 Å². The SMILES string of the molecule is COc1cc(OC2CCC(NC(=O)c3ccc(N4CCC5(CCN(c6ccc(C7=N[C@@H](C)c8nnc(C)n8-c8sc(C)c(C)c87)cc6C(C)C)CC5)C4)nn3)CC2)ccc1C#N. The molecule has 13 nitrogen and oxygen atoms in total. The van der Waals surface area contributed by atoms with Crippen LogP contribution < -0.4 is 24.6 Å². The summed E-state index contributed by atoms with van der Waals surface area (Å²) in [5, 5.41) is 31.5. The maximum absolute atomic E-state index is 13.2. The second-order valence-corrected chi connectivity index (χ2v) is 19.2. The maximum atomic E-state index is 13.2. The predicted molar refractivity (Wildman–Crippen MR) is 243 cm³/mol. The highest BCUT2D eigenvalue weighted by molar-refractivity contribution is 7.15.